The molecule has 1 aromatic rings. The third-order valence-corrected chi connectivity index (χ3v) is 4.45. The van der Waals surface area contributed by atoms with Gasteiger partial charge in [0.05, 0.1) is 20.8 Å². The smallest absolute Gasteiger partial charge is 0.242 e. The topological polar surface area (TPSA) is 64.6 Å². The van der Waals surface area contributed by atoms with Crippen LogP contribution in [0, 0.1) is 12.3 Å². The van der Waals surface area contributed by atoms with E-state index in [4.69, 9.17) is 15.9 Å². The van der Waals surface area contributed by atoms with Crippen molar-refractivity contribution in [1.29, 1.82) is 0 Å². The molecule has 0 amide bonds. The number of methoxy groups -OCH3 is 2. The normalized spacial score (nSPS) is 10.8. The molecule has 0 unspecified atom stereocenters. The number of halogens is 1. The van der Waals surface area contributed by atoms with E-state index in [1.165, 1.54) is 26.4 Å². The maximum absolute atomic E-state index is 11.9. The van der Waals surface area contributed by atoms with Gasteiger partial charge >= 0.3 is 0 Å². The molecule has 98 valence electrons. The zero-order valence-electron chi connectivity index (χ0n) is 9.86. The third kappa shape index (κ3) is 3.16. The van der Waals surface area contributed by atoms with E-state index in [9.17, 15) is 8.42 Å². The Kier molecular flexibility index (Phi) is 5.02. The molecule has 0 atom stereocenters. The number of terminal acetylenes is 1. The molecule has 18 heavy (non-hydrogen) atoms. The summed E-state index contributed by atoms with van der Waals surface area (Å²) in [6.07, 6.45) is 5.02. The Morgan fingerprint density at radius 2 is 1.89 bits per heavy atom. The van der Waals surface area contributed by atoms with E-state index in [-0.39, 0.29) is 11.4 Å². The second-order valence-corrected chi connectivity index (χ2v) is 5.76. The molecule has 0 aliphatic heterocycles. The molecule has 0 aliphatic carbocycles. The van der Waals surface area contributed by atoms with Crippen LogP contribution in [0.2, 0.25) is 0 Å². The van der Waals surface area contributed by atoms with Gasteiger partial charge in [-0.15, -0.1) is 6.42 Å². The molecule has 0 fully saturated rings. The zero-order valence-corrected chi connectivity index (χ0v) is 12.3. The van der Waals surface area contributed by atoms with Crippen LogP contribution < -0.4 is 14.2 Å². The van der Waals surface area contributed by atoms with E-state index in [2.05, 4.69) is 26.6 Å². The molecule has 0 bridgehead atoms. The zero-order chi connectivity index (χ0) is 13.8. The molecular weight excluding hydrogens is 322 g/mol. The number of nitrogens with one attached hydrogen (secondary N) is 1. The van der Waals surface area contributed by atoms with E-state index >= 15 is 0 Å². The van der Waals surface area contributed by atoms with Gasteiger partial charge in [-0.2, -0.15) is 4.72 Å². The van der Waals surface area contributed by atoms with Gasteiger partial charge in [-0.05, 0) is 22.0 Å². The van der Waals surface area contributed by atoms with Crippen LogP contribution in [-0.2, 0) is 10.0 Å². The number of hydrogen-bond donors (Lipinski definition) is 1. The lowest BCUT2D eigenvalue weighted by molar-refractivity contribution is 0.353. The number of hydrogen-bond acceptors (Lipinski definition) is 4. The van der Waals surface area contributed by atoms with Gasteiger partial charge in [0.15, 0.2) is 11.5 Å². The van der Waals surface area contributed by atoms with Crippen molar-refractivity contribution in [2.45, 2.75) is 4.90 Å². The number of benzene rings is 1. The van der Waals surface area contributed by atoms with Gasteiger partial charge in [-0.3, -0.25) is 0 Å². The fourth-order valence-electron chi connectivity index (χ4n) is 1.26. The minimum Gasteiger partial charge on any atom is -0.493 e. The van der Waals surface area contributed by atoms with Crippen molar-refractivity contribution in [3.8, 4) is 23.8 Å². The average Bonchev–Trinajstić information content (AvgIpc) is 2.35. The first-order chi connectivity index (χ1) is 8.46. The molecule has 0 spiro atoms. The fraction of sp³-hybridized carbons (Fsp3) is 0.273. The largest absolute Gasteiger partial charge is 0.493 e. The Labute approximate surface area is 115 Å². The lowest BCUT2D eigenvalue weighted by Gasteiger charge is -2.12. The van der Waals surface area contributed by atoms with E-state index in [0.29, 0.717) is 16.0 Å². The first kappa shape index (κ1) is 14.8. The first-order valence-corrected chi connectivity index (χ1v) is 7.08. The third-order valence-electron chi connectivity index (χ3n) is 2.09. The summed E-state index contributed by atoms with van der Waals surface area (Å²) >= 11 is 3.17. The fourth-order valence-corrected chi connectivity index (χ4v) is 3.22. The number of rotatable bonds is 5. The number of sulfonamides is 1. The van der Waals surface area contributed by atoms with Crippen LogP contribution in [-0.4, -0.2) is 29.2 Å². The molecule has 0 aliphatic rings. The van der Waals surface area contributed by atoms with Crippen LogP contribution in [0.1, 0.15) is 0 Å². The van der Waals surface area contributed by atoms with Crippen LogP contribution in [0.3, 0.4) is 0 Å². The molecule has 0 aromatic heterocycles. The highest BCUT2D eigenvalue weighted by Crippen LogP contribution is 2.35. The molecule has 1 N–H and O–H groups in total. The molecule has 0 saturated heterocycles. The Hall–Kier alpha value is -1.23. The first-order valence-electron chi connectivity index (χ1n) is 4.81. The quantitative estimate of drug-likeness (QED) is 0.827. The van der Waals surface area contributed by atoms with Crippen molar-refractivity contribution in [2.75, 3.05) is 20.8 Å². The summed E-state index contributed by atoms with van der Waals surface area (Å²) in [5.41, 5.74) is 0. The molecule has 0 radical (unpaired) electrons. The van der Waals surface area contributed by atoms with E-state index < -0.39 is 10.0 Å². The van der Waals surface area contributed by atoms with E-state index in [0.717, 1.165) is 0 Å². The predicted octanol–water partition coefficient (Wildman–Crippen LogP) is 1.38. The Bertz CT molecular complexity index is 577. The summed E-state index contributed by atoms with van der Waals surface area (Å²) in [5.74, 6) is 2.95. The molecule has 5 nitrogen and oxygen atoms in total. The summed E-state index contributed by atoms with van der Waals surface area (Å²) in [6, 6.07) is 2.88. The number of ether oxygens (including phenoxy) is 2. The molecule has 1 aromatic carbocycles. The Balaban J connectivity index is 3.30. The summed E-state index contributed by atoms with van der Waals surface area (Å²) in [7, 11) is -0.791. The van der Waals surface area contributed by atoms with Gasteiger partial charge in [-0.25, -0.2) is 8.42 Å². The molecule has 0 heterocycles. The summed E-state index contributed by atoms with van der Waals surface area (Å²) in [6.45, 7) is -0.0802. The van der Waals surface area contributed by atoms with Gasteiger partial charge in [0.1, 0.15) is 4.90 Å². The molecular formula is C11H12BrNO4S. The van der Waals surface area contributed by atoms with Crippen molar-refractivity contribution in [3.63, 3.8) is 0 Å². The predicted molar refractivity (Wildman–Crippen MR) is 71.3 cm³/mol. The summed E-state index contributed by atoms with van der Waals surface area (Å²) < 4.78 is 36.6. The highest BCUT2D eigenvalue weighted by Gasteiger charge is 2.20. The highest BCUT2D eigenvalue weighted by atomic mass is 79.9. The van der Waals surface area contributed by atoms with Gasteiger partial charge in [0.2, 0.25) is 10.0 Å². The van der Waals surface area contributed by atoms with Crippen molar-refractivity contribution >= 4 is 26.0 Å². The van der Waals surface area contributed by atoms with Crippen molar-refractivity contribution < 1.29 is 17.9 Å². The van der Waals surface area contributed by atoms with Crippen molar-refractivity contribution in [3.05, 3.63) is 16.6 Å². The standard InChI is InChI=1S/C11H12BrNO4S/c1-4-5-13-18(14,15)11-7-10(17-3)9(16-2)6-8(11)12/h1,6-7,13H,5H2,2-3H3. The van der Waals surface area contributed by atoms with Crippen LogP contribution >= 0.6 is 15.9 Å². The Morgan fingerprint density at radius 1 is 1.33 bits per heavy atom. The highest BCUT2D eigenvalue weighted by molar-refractivity contribution is 9.10. The second kappa shape index (κ2) is 6.09. The maximum atomic E-state index is 11.9. The Morgan fingerprint density at radius 3 is 2.39 bits per heavy atom. The summed E-state index contributed by atoms with van der Waals surface area (Å²) in [5, 5.41) is 0. The minimum atomic E-state index is -3.69. The lowest BCUT2D eigenvalue weighted by Crippen LogP contribution is -2.24. The SMILES string of the molecule is C#CCNS(=O)(=O)c1cc(OC)c(OC)cc1Br. The van der Waals surface area contributed by atoms with Crippen LogP contribution in [0.4, 0.5) is 0 Å². The van der Waals surface area contributed by atoms with Gasteiger partial charge in [-0.1, -0.05) is 5.92 Å². The van der Waals surface area contributed by atoms with Crippen molar-refractivity contribution in [2.24, 2.45) is 0 Å². The van der Waals surface area contributed by atoms with Crippen molar-refractivity contribution in [1.82, 2.24) is 4.72 Å². The summed E-state index contributed by atoms with van der Waals surface area (Å²) in [4.78, 5) is 0.0374. The van der Waals surface area contributed by atoms with E-state index in [1.54, 1.807) is 0 Å². The minimum absolute atomic E-state index is 0.0374. The van der Waals surface area contributed by atoms with Gasteiger partial charge < -0.3 is 9.47 Å². The van der Waals surface area contributed by atoms with Crippen LogP contribution in [0.25, 0.3) is 0 Å². The molecule has 0 saturated carbocycles. The second-order valence-electron chi connectivity index (χ2n) is 3.17. The van der Waals surface area contributed by atoms with Gasteiger partial charge in [0.25, 0.3) is 0 Å². The maximum Gasteiger partial charge on any atom is 0.242 e. The van der Waals surface area contributed by atoms with Gasteiger partial charge in [0, 0.05) is 10.5 Å². The van der Waals surface area contributed by atoms with E-state index in [1.807, 2.05) is 0 Å². The molecule has 1 rings (SSSR count). The molecule has 7 heteroatoms. The van der Waals surface area contributed by atoms with Crippen LogP contribution in [0.15, 0.2) is 21.5 Å². The lowest BCUT2D eigenvalue weighted by atomic mass is 10.3. The average molecular weight is 334 g/mol. The monoisotopic (exact) mass is 333 g/mol. The van der Waals surface area contributed by atoms with Crippen LogP contribution in [0.5, 0.6) is 11.5 Å².